The highest BCUT2D eigenvalue weighted by Gasteiger charge is 2.21. The van der Waals surface area contributed by atoms with E-state index in [1.54, 1.807) is 24.3 Å². The number of benzene rings is 1. The number of likely N-dealkylation sites (tertiary alicyclic amines) is 1. The van der Waals surface area contributed by atoms with Crippen LogP contribution < -0.4 is 10.6 Å². The van der Waals surface area contributed by atoms with Gasteiger partial charge in [-0.25, -0.2) is 4.79 Å². The summed E-state index contributed by atoms with van der Waals surface area (Å²) in [6.45, 7) is 6.72. The maximum atomic E-state index is 12.5. The van der Waals surface area contributed by atoms with Crippen molar-refractivity contribution in [2.24, 2.45) is 5.92 Å². The molecule has 24 heavy (non-hydrogen) atoms. The fourth-order valence-corrected chi connectivity index (χ4v) is 2.84. The van der Waals surface area contributed by atoms with Gasteiger partial charge in [0.1, 0.15) is 0 Å². The van der Waals surface area contributed by atoms with Crippen molar-refractivity contribution in [2.75, 3.05) is 25.0 Å². The van der Waals surface area contributed by atoms with Crippen LogP contribution in [0.25, 0.3) is 0 Å². The Kier molecular flexibility index (Phi) is 7.09. The quantitative estimate of drug-likeness (QED) is 0.777. The van der Waals surface area contributed by atoms with Gasteiger partial charge in [0.05, 0.1) is 0 Å². The van der Waals surface area contributed by atoms with Crippen molar-refractivity contribution in [3.63, 3.8) is 0 Å². The lowest BCUT2D eigenvalue weighted by Crippen LogP contribution is -2.37. The van der Waals surface area contributed by atoms with Crippen LogP contribution in [0.1, 0.15) is 56.3 Å². The van der Waals surface area contributed by atoms with Crippen LogP contribution in [0.4, 0.5) is 10.5 Å². The molecule has 1 aliphatic rings. The van der Waals surface area contributed by atoms with E-state index in [1.165, 1.54) is 0 Å². The van der Waals surface area contributed by atoms with Gasteiger partial charge in [0, 0.05) is 30.9 Å². The SMILES string of the molecule is CCCCCNC(=O)Nc1ccc(C(=O)N2CCC(C)CC2)cc1. The van der Waals surface area contributed by atoms with Crippen LogP contribution in [0.3, 0.4) is 0 Å². The highest BCUT2D eigenvalue weighted by Crippen LogP contribution is 2.19. The minimum atomic E-state index is -0.199. The van der Waals surface area contributed by atoms with Gasteiger partial charge in [-0.3, -0.25) is 4.79 Å². The van der Waals surface area contributed by atoms with Crippen LogP contribution in [0.15, 0.2) is 24.3 Å². The van der Waals surface area contributed by atoms with Gasteiger partial charge in [0.15, 0.2) is 0 Å². The Morgan fingerprint density at radius 3 is 2.42 bits per heavy atom. The third-order valence-electron chi connectivity index (χ3n) is 4.53. The number of hydrogen-bond donors (Lipinski definition) is 2. The number of amides is 3. The summed E-state index contributed by atoms with van der Waals surface area (Å²) in [5.41, 5.74) is 1.38. The van der Waals surface area contributed by atoms with Gasteiger partial charge in [0.25, 0.3) is 5.91 Å². The van der Waals surface area contributed by atoms with Gasteiger partial charge in [0.2, 0.25) is 0 Å². The first-order valence-corrected chi connectivity index (χ1v) is 9.04. The molecule has 0 bridgehead atoms. The predicted octanol–water partition coefficient (Wildman–Crippen LogP) is 3.87. The van der Waals surface area contributed by atoms with Gasteiger partial charge in [-0.05, 0) is 49.4 Å². The molecule has 0 aliphatic carbocycles. The minimum Gasteiger partial charge on any atom is -0.339 e. The molecule has 1 heterocycles. The molecule has 0 radical (unpaired) electrons. The fraction of sp³-hybridized carbons (Fsp3) is 0.579. The summed E-state index contributed by atoms with van der Waals surface area (Å²) < 4.78 is 0. The summed E-state index contributed by atoms with van der Waals surface area (Å²) in [7, 11) is 0. The Morgan fingerprint density at radius 2 is 1.79 bits per heavy atom. The van der Waals surface area contributed by atoms with E-state index in [9.17, 15) is 9.59 Å². The Labute approximate surface area is 144 Å². The van der Waals surface area contributed by atoms with Crippen LogP contribution in [0, 0.1) is 5.92 Å². The third kappa shape index (κ3) is 5.55. The van der Waals surface area contributed by atoms with Crippen molar-refractivity contribution in [3.8, 4) is 0 Å². The molecule has 2 N–H and O–H groups in total. The van der Waals surface area contributed by atoms with Crippen LogP contribution in [0.2, 0.25) is 0 Å². The minimum absolute atomic E-state index is 0.0810. The second-order valence-corrected chi connectivity index (χ2v) is 6.64. The maximum Gasteiger partial charge on any atom is 0.319 e. The molecule has 0 atom stereocenters. The zero-order valence-corrected chi connectivity index (χ0v) is 14.8. The number of piperidine rings is 1. The van der Waals surface area contributed by atoms with E-state index in [0.29, 0.717) is 23.7 Å². The summed E-state index contributed by atoms with van der Waals surface area (Å²) in [6, 6.07) is 6.94. The maximum absolute atomic E-state index is 12.5. The number of hydrogen-bond acceptors (Lipinski definition) is 2. The average Bonchev–Trinajstić information content (AvgIpc) is 2.59. The van der Waals surface area contributed by atoms with Gasteiger partial charge in [-0.1, -0.05) is 26.7 Å². The first-order chi connectivity index (χ1) is 11.6. The molecular weight excluding hydrogens is 302 g/mol. The van der Waals surface area contributed by atoms with Crippen molar-refractivity contribution >= 4 is 17.6 Å². The fourth-order valence-electron chi connectivity index (χ4n) is 2.84. The van der Waals surface area contributed by atoms with Crippen molar-refractivity contribution in [1.29, 1.82) is 0 Å². The summed E-state index contributed by atoms with van der Waals surface area (Å²) in [5.74, 6) is 0.786. The van der Waals surface area contributed by atoms with E-state index in [0.717, 1.165) is 45.2 Å². The zero-order chi connectivity index (χ0) is 17.4. The van der Waals surface area contributed by atoms with E-state index in [2.05, 4.69) is 24.5 Å². The molecule has 5 heteroatoms. The van der Waals surface area contributed by atoms with E-state index in [4.69, 9.17) is 0 Å². The number of unbranched alkanes of at least 4 members (excludes halogenated alkanes) is 2. The van der Waals surface area contributed by atoms with Crippen molar-refractivity contribution in [1.82, 2.24) is 10.2 Å². The molecular formula is C19H29N3O2. The van der Waals surface area contributed by atoms with Crippen molar-refractivity contribution in [2.45, 2.75) is 46.0 Å². The number of urea groups is 1. The number of carbonyl (C=O) groups excluding carboxylic acids is 2. The molecule has 0 aromatic heterocycles. The summed E-state index contributed by atoms with van der Waals surface area (Å²) in [5, 5.41) is 5.63. The Bertz CT molecular complexity index is 534. The number of anilines is 1. The Balaban J connectivity index is 1.81. The first-order valence-electron chi connectivity index (χ1n) is 9.04. The molecule has 5 nitrogen and oxygen atoms in total. The third-order valence-corrected chi connectivity index (χ3v) is 4.53. The lowest BCUT2D eigenvalue weighted by Gasteiger charge is -2.30. The van der Waals surface area contributed by atoms with Gasteiger partial charge < -0.3 is 15.5 Å². The van der Waals surface area contributed by atoms with Gasteiger partial charge in [-0.15, -0.1) is 0 Å². The molecule has 3 amide bonds. The van der Waals surface area contributed by atoms with Gasteiger partial charge in [-0.2, -0.15) is 0 Å². The smallest absolute Gasteiger partial charge is 0.319 e. The Morgan fingerprint density at radius 1 is 1.12 bits per heavy atom. The lowest BCUT2D eigenvalue weighted by molar-refractivity contribution is 0.0697. The molecule has 2 rings (SSSR count). The van der Waals surface area contributed by atoms with E-state index >= 15 is 0 Å². The molecule has 0 spiro atoms. The molecule has 1 saturated heterocycles. The van der Waals surface area contributed by atoms with Crippen molar-refractivity contribution < 1.29 is 9.59 Å². The highest BCUT2D eigenvalue weighted by atomic mass is 16.2. The number of nitrogens with one attached hydrogen (secondary N) is 2. The normalized spacial score (nSPS) is 15.2. The standard InChI is InChI=1S/C19H29N3O2/c1-3-4-5-12-20-19(24)21-17-8-6-16(7-9-17)18(23)22-13-10-15(2)11-14-22/h6-9,15H,3-5,10-14H2,1-2H3,(H2,20,21,24). The van der Waals surface area contributed by atoms with Crippen LogP contribution in [-0.2, 0) is 0 Å². The summed E-state index contributed by atoms with van der Waals surface area (Å²) >= 11 is 0. The van der Waals surface area contributed by atoms with E-state index in [1.807, 2.05) is 4.90 Å². The van der Waals surface area contributed by atoms with Crippen LogP contribution in [-0.4, -0.2) is 36.5 Å². The topological polar surface area (TPSA) is 61.4 Å². The monoisotopic (exact) mass is 331 g/mol. The molecule has 1 aromatic carbocycles. The average molecular weight is 331 g/mol. The zero-order valence-electron chi connectivity index (χ0n) is 14.8. The molecule has 1 aliphatic heterocycles. The second-order valence-electron chi connectivity index (χ2n) is 6.64. The number of nitrogens with zero attached hydrogens (tertiary/aromatic N) is 1. The lowest BCUT2D eigenvalue weighted by atomic mass is 9.98. The summed E-state index contributed by atoms with van der Waals surface area (Å²) in [4.78, 5) is 26.2. The predicted molar refractivity (Wildman–Crippen MR) is 97.3 cm³/mol. The molecule has 0 saturated carbocycles. The number of rotatable bonds is 6. The highest BCUT2D eigenvalue weighted by molar-refractivity contribution is 5.95. The van der Waals surface area contributed by atoms with Crippen LogP contribution in [0.5, 0.6) is 0 Å². The second kappa shape index (κ2) is 9.30. The largest absolute Gasteiger partial charge is 0.339 e. The molecule has 1 aromatic rings. The molecule has 0 unspecified atom stereocenters. The van der Waals surface area contributed by atoms with Gasteiger partial charge >= 0.3 is 6.03 Å². The summed E-state index contributed by atoms with van der Waals surface area (Å²) in [6.07, 6.45) is 5.39. The molecule has 1 fully saturated rings. The van der Waals surface area contributed by atoms with E-state index < -0.39 is 0 Å². The number of carbonyl (C=O) groups is 2. The van der Waals surface area contributed by atoms with E-state index in [-0.39, 0.29) is 11.9 Å². The Hall–Kier alpha value is -2.04. The van der Waals surface area contributed by atoms with Crippen LogP contribution >= 0.6 is 0 Å². The first kappa shape index (κ1) is 18.3. The van der Waals surface area contributed by atoms with Crippen molar-refractivity contribution in [3.05, 3.63) is 29.8 Å². The molecule has 132 valence electrons.